The Morgan fingerprint density at radius 2 is 1.94 bits per heavy atom. The van der Waals surface area contributed by atoms with Gasteiger partial charge in [0.15, 0.2) is 0 Å². The summed E-state index contributed by atoms with van der Waals surface area (Å²) in [5, 5.41) is 3.73. The number of hydrogen-bond acceptors (Lipinski definition) is 1. The van der Waals surface area contributed by atoms with Crippen molar-refractivity contribution in [2.24, 2.45) is 0 Å². The monoisotopic (exact) mass is 385 g/mol. The van der Waals surface area contributed by atoms with E-state index in [0.717, 1.165) is 12.8 Å². The van der Waals surface area contributed by atoms with Gasteiger partial charge in [-0.3, -0.25) is 4.79 Å². The van der Waals surface area contributed by atoms with Gasteiger partial charge in [0, 0.05) is 12.1 Å². The number of alkyl halides is 1. The molecule has 1 aromatic carbocycles. The van der Waals surface area contributed by atoms with Crippen LogP contribution in [0.1, 0.15) is 29.6 Å². The molecule has 0 aliphatic carbocycles. The van der Waals surface area contributed by atoms with E-state index in [1.807, 2.05) is 0 Å². The van der Waals surface area contributed by atoms with Crippen LogP contribution in [0.4, 0.5) is 0 Å². The second kappa shape index (κ2) is 8.16. The molecule has 0 aromatic heterocycles. The number of carbonyl (C=O) groups is 1. The first-order chi connectivity index (χ1) is 8.15. The van der Waals surface area contributed by atoms with Crippen LogP contribution in [0.25, 0.3) is 0 Å². The van der Waals surface area contributed by atoms with Crippen LogP contribution in [-0.2, 0) is 0 Å². The molecule has 0 aliphatic heterocycles. The van der Waals surface area contributed by atoms with Crippen molar-refractivity contribution in [3.8, 4) is 0 Å². The fourth-order valence-electron chi connectivity index (χ4n) is 1.34. The van der Waals surface area contributed by atoms with Crippen LogP contribution in [0.15, 0.2) is 18.2 Å². The zero-order valence-electron chi connectivity index (χ0n) is 9.31. The molecule has 1 N–H and O–H groups in total. The van der Waals surface area contributed by atoms with Gasteiger partial charge in [-0.15, -0.1) is 0 Å². The summed E-state index contributed by atoms with van der Waals surface area (Å²) in [5.74, 6) is -0.0990. The molecule has 1 aromatic rings. The predicted molar refractivity (Wildman–Crippen MR) is 81.5 cm³/mol. The van der Waals surface area contributed by atoms with Gasteiger partial charge in [0.1, 0.15) is 0 Å². The number of carbonyl (C=O) groups excluding carboxylic acids is 1. The van der Waals surface area contributed by atoms with Crippen molar-refractivity contribution < 1.29 is 4.79 Å². The molecular weight excluding hydrogens is 372 g/mol. The molecule has 0 radical (unpaired) electrons. The first kappa shape index (κ1) is 15.1. The third-order valence-electron chi connectivity index (χ3n) is 2.28. The summed E-state index contributed by atoms with van der Waals surface area (Å²) in [4.78, 5) is 11.7. The van der Waals surface area contributed by atoms with Crippen molar-refractivity contribution in [2.75, 3.05) is 11.0 Å². The summed E-state index contributed by atoms with van der Waals surface area (Å²) in [7, 11) is 0. The van der Waals surface area contributed by atoms with Gasteiger partial charge in [0.2, 0.25) is 0 Å². The van der Waals surface area contributed by atoms with Gasteiger partial charge >= 0.3 is 0 Å². The van der Waals surface area contributed by atoms with Crippen molar-refractivity contribution in [1.82, 2.24) is 5.32 Å². The van der Waals surface area contributed by atoms with Gasteiger partial charge in [0.25, 0.3) is 5.91 Å². The number of unbranched alkanes of at least 4 members (excludes halogenated alkanes) is 2. The molecule has 0 unspecified atom stereocenters. The van der Waals surface area contributed by atoms with E-state index in [4.69, 9.17) is 23.2 Å². The average molecular weight is 386 g/mol. The second-order valence-electron chi connectivity index (χ2n) is 3.63. The number of nitrogens with one attached hydrogen (secondary N) is 1. The van der Waals surface area contributed by atoms with Crippen molar-refractivity contribution >= 4 is 51.7 Å². The van der Waals surface area contributed by atoms with Crippen molar-refractivity contribution in [3.05, 3.63) is 33.8 Å². The first-order valence-electron chi connectivity index (χ1n) is 5.44. The molecule has 1 amide bonds. The Bertz CT molecular complexity index is 385. The van der Waals surface area contributed by atoms with Crippen LogP contribution in [-0.4, -0.2) is 16.9 Å². The number of benzene rings is 1. The molecule has 1 rings (SSSR count). The van der Waals surface area contributed by atoms with E-state index in [1.165, 1.54) is 10.8 Å². The van der Waals surface area contributed by atoms with Crippen LogP contribution >= 0.6 is 45.8 Å². The third-order valence-corrected chi connectivity index (χ3v) is 3.78. The highest BCUT2D eigenvalue weighted by molar-refractivity contribution is 14.1. The van der Waals surface area contributed by atoms with E-state index in [2.05, 4.69) is 27.9 Å². The normalized spacial score (nSPS) is 10.3. The Morgan fingerprint density at radius 3 is 2.59 bits per heavy atom. The highest BCUT2D eigenvalue weighted by atomic mass is 127. The molecule has 17 heavy (non-hydrogen) atoms. The maximum Gasteiger partial charge on any atom is 0.251 e. The maximum absolute atomic E-state index is 11.7. The van der Waals surface area contributed by atoms with Crippen LogP contribution in [0, 0.1) is 0 Å². The predicted octanol–water partition coefficient (Wildman–Crippen LogP) is 4.33. The largest absolute Gasteiger partial charge is 0.352 e. The number of rotatable bonds is 6. The highest BCUT2D eigenvalue weighted by Crippen LogP contribution is 2.22. The van der Waals surface area contributed by atoms with Crippen molar-refractivity contribution in [2.45, 2.75) is 19.3 Å². The molecule has 0 saturated heterocycles. The molecule has 2 nitrogen and oxygen atoms in total. The quantitative estimate of drug-likeness (QED) is 0.440. The Kier molecular flexibility index (Phi) is 7.23. The summed E-state index contributed by atoms with van der Waals surface area (Å²) < 4.78 is 1.17. The van der Waals surface area contributed by atoms with E-state index in [9.17, 15) is 4.79 Å². The standard InChI is InChI=1S/C12H14Cl2INO/c13-10-5-4-9(8-11(10)14)12(17)16-7-3-1-2-6-15/h4-5,8H,1-3,6-7H2,(H,16,17). The molecule has 94 valence electrons. The molecule has 0 atom stereocenters. The molecule has 0 heterocycles. The summed E-state index contributed by atoms with van der Waals surface area (Å²) in [5.41, 5.74) is 0.549. The van der Waals surface area contributed by atoms with E-state index in [1.54, 1.807) is 18.2 Å². The van der Waals surface area contributed by atoms with Crippen molar-refractivity contribution in [1.29, 1.82) is 0 Å². The molecule has 0 bridgehead atoms. The van der Waals surface area contributed by atoms with Crippen molar-refractivity contribution in [3.63, 3.8) is 0 Å². The Morgan fingerprint density at radius 1 is 1.18 bits per heavy atom. The van der Waals surface area contributed by atoms with Crippen LogP contribution in [0.3, 0.4) is 0 Å². The molecule has 0 aliphatic rings. The third kappa shape index (κ3) is 5.44. The van der Waals surface area contributed by atoms with Crippen LogP contribution < -0.4 is 5.32 Å². The summed E-state index contributed by atoms with van der Waals surface area (Å²) >= 11 is 14.0. The lowest BCUT2D eigenvalue weighted by Gasteiger charge is -2.05. The fraction of sp³-hybridized carbons (Fsp3) is 0.417. The Balaban J connectivity index is 2.39. The molecular formula is C12H14Cl2INO. The zero-order valence-corrected chi connectivity index (χ0v) is 13.0. The lowest BCUT2D eigenvalue weighted by atomic mass is 10.2. The minimum Gasteiger partial charge on any atom is -0.352 e. The topological polar surface area (TPSA) is 29.1 Å². The minimum atomic E-state index is -0.0990. The van der Waals surface area contributed by atoms with Gasteiger partial charge in [0.05, 0.1) is 10.0 Å². The van der Waals surface area contributed by atoms with E-state index >= 15 is 0 Å². The molecule has 0 saturated carbocycles. The lowest BCUT2D eigenvalue weighted by molar-refractivity contribution is 0.0953. The zero-order chi connectivity index (χ0) is 12.7. The maximum atomic E-state index is 11.7. The van der Waals surface area contributed by atoms with Gasteiger partial charge in [-0.05, 0) is 35.5 Å². The minimum absolute atomic E-state index is 0.0990. The molecule has 0 spiro atoms. The Labute approximate surface area is 125 Å². The van der Waals surface area contributed by atoms with Crippen LogP contribution in [0.5, 0.6) is 0 Å². The second-order valence-corrected chi connectivity index (χ2v) is 5.53. The molecule has 5 heteroatoms. The van der Waals surface area contributed by atoms with Gasteiger partial charge in [-0.2, -0.15) is 0 Å². The Hall–Kier alpha value is -0.000000000000000111. The molecule has 0 fully saturated rings. The number of halogens is 3. The summed E-state index contributed by atoms with van der Waals surface area (Å²) in [6, 6.07) is 4.90. The lowest BCUT2D eigenvalue weighted by Crippen LogP contribution is -2.24. The van der Waals surface area contributed by atoms with E-state index in [0.29, 0.717) is 22.2 Å². The van der Waals surface area contributed by atoms with E-state index < -0.39 is 0 Å². The highest BCUT2D eigenvalue weighted by Gasteiger charge is 2.06. The van der Waals surface area contributed by atoms with Gasteiger partial charge < -0.3 is 5.32 Å². The van der Waals surface area contributed by atoms with Crippen LogP contribution in [0.2, 0.25) is 10.0 Å². The number of amides is 1. The van der Waals surface area contributed by atoms with E-state index in [-0.39, 0.29) is 5.91 Å². The summed E-state index contributed by atoms with van der Waals surface area (Å²) in [6.45, 7) is 0.704. The first-order valence-corrected chi connectivity index (χ1v) is 7.72. The fourth-order valence-corrected chi connectivity index (χ4v) is 2.18. The summed E-state index contributed by atoms with van der Waals surface area (Å²) in [6.07, 6.45) is 3.35. The SMILES string of the molecule is O=C(NCCCCCI)c1ccc(Cl)c(Cl)c1. The average Bonchev–Trinajstić information content (AvgIpc) is 2.32. The van der Waals surface area contributed by atoms with Gasteiger partial charge in [-0.25, -0.2) is 0 Å². The number of hydrogen-bond donors (Lipinski definition) is 1. The smallest absolute Gasteiger partial charge is 0.251 e. The van der Waals surface area contributed by atoms with Gasteiger partial charge in [-0.1, -0.05) is 52.2 Å².